The summed E-state index contributed by atoms with van der Waals surface area (Å²) in [4.78, 5) is 8.59. The SMILES string of the molecule is Cn1ncnc1Cn1ccnc1CNC1CC1. The fourth-order valence-electron chi connectivity index (χ4n) is 1.79. The molecule has 6 nitrogen and oxygen atoms in total. The second-order valence-corrected chi connectivity index (χ2v) is 4.43. The number of aromatic nitrogens is 5. The van der Waals surface area contributed by atoms with Crippen LogP contribution in [-0.2, 0) is 20.1 Å². The van der Waals surface area contributed by atoms with Crippen molar-refractivity contribution in [3.8, 4) is 0 Å². The number of nitrogens with one attached hydrogen (secondary N) is 1. The van der Waals surface area contributed by atoms with Crippen LogP contribution in [0.3, 0.4) is 0 Å². The Bertz CT molecular complexity index is 496. The molecule has 2 aromatic rings. The van der Waals surface area contributed by atoms with Crippen molar-refractivity contribution in [2.75, 3.05) is 0 Å². The molecule has 0 radical (unpaired) electrons. The van der Waals surface area contributed by atoms with E-state index in [2.05, 4.69) is 25.0 Å². The normalized spacial score (nSPS) is 15.4. The Labute approximate surface area is 99.7 Å². The zero-order valence-corrected chi connectivity index (χ0v) is 9.87. The van der Waals surface area contributed by atoms with Gasteiger partial charge in [-0.25, -0.2) is 9.97 Å². The molecule has 0 atom stereocenters. The fraction of sp³-hybridized carbons (Fsp3) is 0.545. The predicted octanol–water partition coefficient (Wildman–Crippen LogP) is 0.312. The van der Waals surface area contributed by atoms with Crippen molar-refractivity contribution in [2.24, 2.45) is 7.05 Å². The van der Waals surface area contributed by atoms with Gasteiger partial charge >= 0.3 is 0 Å². The predicted molar refractivity (Wildman–Crippen MR) is 62.2 cm³/mol. The average molecular weight is 232 g/mol. The van der Waals surface area contributed by atoms with E-state index in [9.17, 15) is 0 Å². The first-order valence-electron chi connectivity index (χ1n) is 5.89. The Morgan fingerprint density at radius 3 is 2.94 bits per heavy atom. The summed E-state index contributed by atoms with van der Waals surface area (Å²) >= 11 is 0. The molecule has 6 heteroatoms. The first kappa shape index (κ1) is 10.5. The van der Waals surface area contributed by atoms with Gasteiger partial charge in [0, 0.05) is 25.5 Å². The molecule has 17 heavy (non-hydrogen) atoms. The highest BCUT2D eigenvalue weighted by Crippen LogP contribution is 2.19. The molecule has 1 N–H and O–H groups in total. The van der Waals surface area contributed by atoms with Crippen LogP contribution in [0, 0.1) is 0 Å². The summed E-state index contributed by atoms with van der Waals surface area (Å²) in [5, 5.41) is 7.53. The minimum absolute atomic E-state index is 0.704. The van der Waals surface area contributed by atoms with Crippen LogP contribution in [0.5, 0.6) is 0 Å². The van der Waals surface area contributed by atoms with Gasteiger partial charge < -0.3 is 9.88 Å². The van der Waals surface area contributed by atoms with Crippen molar-refractivity contribution in [1.29, 1.82) is 0 Å². The van der Waals surface area contributed by atoms with E-state index >= 15 is 0 Å². The van der Waals surface area contributed by atoms with Crippen LogP contribution >= 0.6 is 0 Å². The molecular weight excluding hydrogens is 216 g/mol. The van der Waals surface area contributed by atoms with E-state index in [1.807, 2.05) is 19.4 Å². The molecule has 2 aromatic heterocycles. The summed E-state index contributed by atoms with van der Waals surface area (Å²) in [6, 6.07) is 0.704. The molecule has 1 aliphatic rings. The highest BCUT2D eigenvalue weighted by Gasteiger charge is 2.20. The second-order valence-electron chi connectivity index (χ2n) is 4.43. The maximum Gasteiger partial charge on any atom is 0.146 e. The summed E-state index contributed by atoms with van der Waals surface area (Å²) < 4.78 is 3.90. The molecule has 0 spiro atoms. The van der Waals surface area contributed by atoms with E-state index in [0.717, 1.165) is 24.7 Å². The van der Waals surface area contributed by atoms with Gasteiger partial charge in [0.15, 0.2) is 0 Å². The molecule has 0 amide bonds. The average Bonchev–Trinajstić information content (AvgIpc) is 2.92. The van der Waals surface area contributed by atoms with E-state index in [4.69, 9.17) is 0 Å². The van der Waals surface area contributed by atoms with Crippen molar-refractivity contribution in [2.45, 2.75) is 32.0 Å². The van der Waals surface area contributed by atoms with Crippen LogP contribution in [0.4, 0.5) is 0 Å². The molecular formula is C11H16N6. The lowest BCUT2D eigenvalue weighted by Gasteiger charge is -2.07. The van der Waals surface area contributed by atoms with Crippen LogP contribution in [0.2, 0.25) is 0 Å². The smallest absolute Gasteiger partial charge is 0.146 e. The topological polar surface area (TPSA) is 60.6 Å². The lowest BCUT2D eigenvalue weighted by molar-refractivity contribution is 0.592. The maximum atomic E-state index is 4.37. The van der Waals surface area contributed by atoms with Gasteiger partial charge in [-0.1, -0.05) is 0 Å². The van der Waals surface area contributed by atoms with Gasteiger partial charge in [0.2, 0.25) is 0 Å². The third-order valence-corrected chi connectivity index (χ3v) is 3.04. The van der Waals surface area contributed by atoms with Crippen LogP contribution in [0.15, 0.2) is 18.7 Å². The van der Waals surface area contributed by atoms with Crippen molar-refractivity contribution in [3.05, 3.63) is 30.4 Å². The van der Waals surface area contributed by atoms with Crippen LogP contribution < -0.4 is 5.32 Å². The zero-order chi connectivity index (χ0) is 11.7. The molecule has 90 valence electrons. The van der Waals surface area contributed by atoms with Gasteiger partial charge in [-0.3, -0.25) is 4.68 Å². The van der Waals surface area contributed by atoms with Gasteiger partial charge in [-0.2, -0.15) is 5.10 Å². The Balaban J connectivity index is 1.69. The summed E-state index contributed by atoms with van der Waals surface area (Å²) in [5.74, 6) is 2.00. The molecule has 1 fully saturated rings. The van der Waals surface area contributed by atoms with E-state index in [1.54, 1.807) is 11.0 Å². The first-order valence-corrected chi connectivity index (χ1v) is 5.89. The number of hydrogen-bond donors (Lipinski definition) is 1. The lowest BCUT2D eigenvalue weighted by Crippen LogP contribution is -2.19. The number of rotatable bonds is 5. The Kier molecular flexibility index (Phi) is 2.64. The molecule has 1 saturated carbocycles. The Hall–Kier alpha value is -1.69. The summed E-state index contributed by atoms with van der Waals surface area (Å²) in [7, 11) is 1.90. The largest absolute Gasteiger partial charge is 0.326 e. The quantitative estimate of drug-likeness (QED) is 0.806. The number of imidazole rings is 1. The molecule has 3 rings (SSSR count). The maximum absolute atomic E-state index is 4.37. The highest BCUT2D eigenvalue weighted by atomic mass is 15.3. The summed E-state index contributed by atoms with van der Waals surface area (Å²) in [6.45, 7) is 1.55. The van der Waals surface area contributed by atoms with Crippen molar-refractivity contribution >= 4 is 0 Å². The van der Waals surface area contributed by atoms with E-state index < -0.39 is 0 Å². The lowest BCUT2D eigenvalue weighted by atomic mass is 10.5. The molecule has 1 aliphatic carbocycles. The zero-order valence-electron chi connectivity index (χ0n) is 9.87. The second kappa shape index (κ2) is 4.29. The number of hydrogen-bond acceptors (Lipinski definition) is 4. The first-order chi connectivity index (χ1) is 8.33. The molecule has 2 heterocycles. The monoisotopic (exact) mass is 232 g/mol. The van der Waals surface area contributed by atoms with E-state index in [1.165, 1.54) is 12.8 Å². The van der Waals surface area contributed by atoms with E-state index in [-0.39, 0.29) is 0 Å². The Morgan fingerprint density at radius 2 is 2.24 bits per heavy atom. The van der Waals surface area contributed by atoms with Crippen molar-refractivity contribution in [3.63, 3.8) is 0 Å². The summed E-state index contributed by atoms with van der Waals surface area (Å²) in [6.07, 6.45) is 7.99. The third-order valence-electron chi connectivity index (χ3n) is 3.04. The number of aryl methyl sites for hydroxylation is 1. The highest BCUT2D eigenvalue weighted by molar-refractivity contribution is 4.98. The minimum Gasteiger partial charge on any atom is -0.326 e. The molecule has 0 aromatic carbocycles. The fourth-order valence-corrected chi connectivity index (χ4v) is 1.79. The molecule has 0 aliphatic heterocycles. The van der Waals surface area contributed by atoms with Crippen LogP contribution in [0.1, 0.15) is 24.5 Å². The molecule has 0 bridgehead atoms. The number of nitrogens with zero attached hydrogens (tertiary/aromatic N) is 5. The van der Waals surface area contributed by atoms with Crippen molar-refractivity contribution < 1.29 is 0 Å². The van der Waals surface area contributed by atoms with Gasteiger partial charge in [-0.05, 0) is 12.8 Å². The Morgan fingerprint density at radius 1 is 1.35 bits per heavy atom. The van der Waals surface area contributed by atoms with Crippen molar-refractivity contribution in [1.82, 2.24) is 29.6 Å². The van der Waals surface area contributed by atoms with Crippen LogP contribution in [0.25, 0.3) is 0 Å². The van der Waals surface area contributed by atoms with Crippen LogP contribution in [-0.4, -0.2) is 30.4 Å². The molecule has 0 unspecified atom stereocenters. The summed E-state index contributed by atoms with van der Waals surface area (Å²) in [5.41, 5.74) is 0. The standard InChI is InChI=1S/C11H16N6/c1-16-11(14-8-15-16)7-17-5-4-12-10(17)6-13-9-2-3-9/h4-5,8-9,13H,2-3,6-7H2,1H3. The van der Waals surface area contributed by atoms with Gasteiger partial charge in [0.25, 0.3) is 0 Å². The van der Waals surface area contributed by atoms with Gasteiger partial charge in [0.05, 0.1) is 13.1 Å². The van der Waals surface area contributed by atoms with Gasteiger partial charge in [-0.15, -0.1) is 0 Å². The van der Waals surface area contributed by atoms with E-state index in [0.29, 0.717) is 6.04 Å². The third kappa shape index (κ3) is 2.36. The minimum atomic E-state index is 0.704. The molecule has 0 saturated heterocycles. The van der Waals surface area contributed by atoms with Gasteiger partial charge in [0.1, 0.15) is 18.0 Å².